The minimum atomic E-state index is 0.486. The van der Waals surface area contributed by atoms with Gasteiger partial charge in [0, 0.05) is 24.8 Å². The normalized spacial score (nSPS) is 21.0. The molecule has 0 bridgehead atoms. The van der Waals surface area contributed by atoms with Crippen molar-refractivity contribution in [2.24, 2.45) is 5.73 Å². The molecule has 15 heavy (non-hydrogen) atoms. The second kappa shape index (κ2) is 4.19. The van der Waals surface area contributed by atoms with Crippen LogP contribution in [0.5, 0.6) is 0 Å². The van der Waals surface area contributed by atoms with Crippen LogP contribution in [0.1, 0.15) is 24.1 Å². The van der Waals surface area contributed by atoms with Gasteiger partial charge in [-0.15, -0.1) is 0 Å². The van der Waals surface area contributed by atoms with Crippen molar-refractivity contribution >= 4 is 5.82 Å². The van der Waals surface area contributed by atoms with E-state index in [-0.39, 0.29) is 0 Å². The molecule has 2 N–H and O–H groups in total. The zero-order valence-corrected chi connectivity index (χ0v) is 9.53. The molecule has 0 amide bonds. The van der Waals surface area contributed by atoms with Crippen LogP contribution >= 0.6 is 0 Å². The molecule has 3 heteroatoms. The van der Waals surface area contributed by atoms with Gasteiger partial charge < -0.3 is 10.6 Å². The molecule has 2 rings (SSSR count). The Morgan fingerprint density at radius 1 is 1.47 bits per heavy atom. The van der Waals surface area contributed by atoms with Gasteiger partial charge in [-0.3, -0.25) is 0 Å². The second-order valence-corrected chi connectivity index (χ2v) is 4.30. The van der Waals surface area contributed by atoms with Crippen LogP contribution in [0.15, 0.2) is 12.1 Å². The van der Waals surface area contributed by atoms with Gasteiger partial charge in [0.2, 0.25) is 0 Å². The molecule has 0 aromatic carbocycles. The first-order valence-corrected chi connectivity index (χ1v) is 5.63. The van der Waals surface area contributed by atoms with Crippen LogP contribution in [0.3, 0.4) is 0 Å². The zero-order valence-electron chi connectivity index (χ0n) is 9.53. The van der Waals surface area contributed by atoms with E-state index in [1.807, 2.05) is 0 Å². The van der Waals surface area contributed by atoms with Gasteiger partial charge in [-0.2, -0.15) is 0 Å². The van der Waals surface area contributed by atoms with Crippen LogP contribution in [-0.2, 0) is 0 Å². The Labute approximate surface area is 91.3 Å². The first kappa shape index (κ1) is 10.4. The highest BCUT2D eigenvalue weighted by Crippen LogP contribution is 2.23. The molecule has 1 aliphatic heterocycles. The first-order valence-electron chi connectivity index (χ1n) is 5.63. The molecule has 1 unspecified atom stereocenters. The summed E-state index contributed by atoms with van der Waals surface area (Å²) in [5.41, 5.74) is 8.13. The first-order chi connectivity index (χ1) is 7.22. The Kier molecular flexibility index (Phi) is 2.91. The lowest BCUT2D eigenvalue weighted by atomic mass is 10.2. The van der Waals surface area contributed by atoms with Crippen LogP contribution in [0, 0.1) is 13.8 Å². The van der Waals surface area contributed by atoms with Crippen LogP contribution in [0.2, 0.25) is 0 Å². The minimum absolute atomic E-state index is 0.486. The van der Waals surface area contributed by atoms with Crippen molar-refractivity contribution in [2.75, 3.05) is 18.0 Å². The summed E-state index contributed by atoms with van der Waals surface area (Å²) in [6.45, 7) is 5.98. The fourth-order valence-electron chi connectivity index (χ4n) is 2.16. The predicted octanol–water partition coefficient (Wildman–Crippen LogP) is 1.63. The van der Waals surface area contributed by atoms with Crippen molar-refractivity contribution in [1.82, 2.24) is 4.98 Å². The minimum Gasteiger partial charge on any atom is -0.352 e. The largest absolute Gasteiger partial charge is 0.352 e. The SMILES string of the molecule is Cc1ccc(N2CCCC2CN)nc1C. The van der Waals surface area contributed by atoms with Gasteiger partial charge in [0.15, 0.2) is 0 Å². The summed E-state index contributed by atoms with van der Waals surface area (Å²) in [6.07, 6.45) is 2.43. The molecule has 0 aliphatic carbocycles. The summed E-state index contributed by atoms with van der Waals surface area (Å²) in [4.78, 5) is 6.96. The number of hydrogen-bond donors (Lipinski definition) is 1. The molecule has 82 valence electrons. The summed E-state index contributed by atoms with van der Waals surface area (Å²) < 4.78 is 0. The van der Waals surface area contributed by atoms with E-state index in [1.54, 1.807) is 0 Å². The molecule has 1 saturated heterocycles. The van der Waals surface area contributed by atoms with Crippen LogP contribution in [0.4, 0.5) is 5.82 Å². The number of rotatable bonds is 2. The van der Waals surface area contributed by atoms with Gasteiger partial charge in [0.25, 0.3) is 0 Å². The predicted molar refractivity (Wildman–Crippen MR) is 63.1 cm³/mol. The van der Waals surface area contributed by atoms with E-state index in [9.17, 15) is 0 Å². The molecule has 1 fully saturated rings. The monoisotopic (exact) mass is 205 g/mol. The van der Waals surface area contributed by atoms with Crippen molar-refractivity contribution in [3.05, 3.63) is 23.4 Å². The third kappa shape index (κ3) is 1.97. The van der Waals surface area contributed by atoms with Crippen molar-refractivity contribution in [3.63, 3.8) is 0 Å². The van der Waals surface area contributed by atoms with Gasteiger partial charge in [-0.25, -0.2) is 4.98 Å². The van der Waals surface area contributed by atoms with Crippen molar-refractivity contribution in [3.8, 4) is 0 Å². The molecule has 1 aromatic heterocycles. The maximum absolute atomic E-state index is 5.76. The van der Waals surface area contributed by atoms with Crippen LogP contribution in [-0.4, -0.2) is 24.1 Å². The maximum atomic E-state index is 5.76. The number of anilines is 1. The van der Waals surface area contributed by atoms with Gasteiger partial charge in [0.1, 0.15) is 5.82 Å². The highest BCUT2D eigenvalue weighted by Gasteiger charge is 2.24. The van der Waals surface area contributed by atoms with Crippen molar-refractivity contribution in [1.29, 1.82) is 0 Å². The molecule has 1 aliphatic rings. The Bertz CT molecular complexity index is 349. The highest BCUT2D eigenvalue weighted by atomic mass is 15.2. The second-order valence-electron chi connectivity index (χ2n) is 4.30. The summed E-state index contributed by atoms with van der Waals surface area (Å²) in [5, 5.41) is 0. The van der Waals surface area contributed by atoms with E-state index in [0.29, 0.717) is 6.04 Å². The number of pyridine rings is 1. The van der Waals surface area contributed by atoms with E-state index in [1.165, 1.54) is 18.4 Å². The molecule has 0 saturated carbocycles. The van der Waals surface area contributed by atoms with Crippen molar-refractivity contribution in [2.45, 2.75) is 32.7 Å². The van der Waals surface area contributed by atoms with E-state index < -0.39 is 0 Å². The lowest BCUT2D eigenvalue weighted by Gasteiger charge is -2.25. The number of aryl methyl sites for hydroxylation is 2. The summed E-state index contributed by atoms with van der Waals surface area (Å²) >= 11 is 0. The van der Waals surface area contributed by atoms with Crippen LogP contribution in [0.25, 0.3) is 0 Å². The quantitative estimate of drug-likeness (QED) is 0.798. The van der Waals surface area contributed by atoms with E-state index in [2.05, 4.69) is 35.9 Å². The molecular formula is C12H19N3. The Morgan fingerprint density at radius 3 is 2.93 bits per heavy atom. The van der Waals surface area contributed by atoms with E-state index in [0.717, 1.165) is 24.6 Å². The Hall–Kier alpha value is -1.09. The highest BCUT2D eigenvalue weighted by molar-refractivity contribution is 5.43. The third-order valence-electron chi connectivity index (χ3n) is 3.28. The molecular weight excluding hydrogens is 186 g/mol. The average molecular weight is 205 g/mol. The fourth-order valence-corrected chi connectivity index (χ4v) is 2.16. The molecule has 1 atom stereocenters. The molecule has 1 aromatic rings. The average Bonchev–Trinajstić information content (AvgIpc) is 2.70. The fraction of sp³-hybridized carbons (Fsp3) is 0.583. The third-order valence-corrected chi connectivity index (χ3v) is 3.28. The van der Waals surface area contributed by atoms with E-state index in [4.69, 9.17) is 5.73 Å². The van der Waals surface area contributed by atoms with Gasteiger partial charge >= 0.3 is 0 Å². The zero-order chi connectivity index (χ0) is 10.8. The number of nitrogens with zero attached hydrogens (tertiary/aromatic N) is 2. The topological polar surface area (TPSA) is 42.1 Å². The standard InChI is InChI=1S/C12H19N3/c1-9-5-6-12(14-10(9)2)15-7-3-4-11(15)8-13/h5-6,11H,3-4,7-8,13H2,1-2H3. The number of aromatic nitrogens is 1. The van der Waals surface area contributed by atoms with Gasteiger partial charge in [0.05, 0.1) is 0 Å². The Balaban J connectivity index is 2.25. The number of hydrogen-bond acceptors (Lipinski definition) is 3. The van der Waals surface area contributed by atoms with Crippen molar-refractivity contribution < 1.29 is 0 Å². The molecule has 2 heterocycles. The summed E-state index contributed by atoms with van der Waals surface area (Å²) in [7, 11) is 0. The smallest absolute Gasteiger partial charge is 0.129 e. The molecule has 3 nitrogen and oxygen atoms in total. The van der Waals surface area contributed by atoms with E-state index >= 15 is 0 Å². The number of nitrogens with two attached hydrogens (primary N) is 1. The lowest BCUT2D eigenvalue weighted by Crippen LogP contribution is -2.35. The lowest BCUT2D eigenvalue weighted by molar-refractivity contribution is 0.670. The summed E-state index contributed by atoms with van der Waals surface area (Å²) in [6, 6.07) is 4.74. The summed E-state index contributed by atoms with van der Waals surface area (Å²) in [5.74, 6) is 1.09. The maximum Gasteiger partial charge on any atom is 0.129 e. The van der Waals surface area contributed by atoms with Gasteiger partial charge in [-0.1, -0.05) is 6.07 Å². The van der Waals surface area contributed by atoms with Crippen LogP contribution < -0.4 is 10.6 Å². The molecule has 0 spiro atoms. The Morgan fingerprint density at radius 2 is 2.27 bits per heavy atom. The molecule has 0 radical (unpaired) electrons. The van der Waals surface area contributed by atoms with Gasteiger partial charge in [-0.05, 0) is 38.3 Å².